The van der Waals surface area contributed by atoms with E-state index < -0.39 is 0 Å². The van der Waals surface area contributed by atoms with Crippen LogP contribution in [-0.2, 0) is 4.79 Å². The molecule has 1 aromatic heterocycles. The smallest absolute Gasteiger partial charge is 0.237 e. The summed E-state index contributed by atoms with van der Waals surface area (Å²) in [6.45, 7) is 3.07. The molecule has 5 heteroatoms. The zero-order chi connectivity index (χ0) is 13.9. The third-order valence-corrected chi connectivity index (χ3v) is 5.33. The van der Waals surface area contributed by atoms with Crippen LogP contribution in [0.15, 0.2) is 17.5 Å². The number of nitrogens with zero attached hydrogens (tertiary/aromatic N) is 2. The number of likely N-dealkylation sites (tertiary alicyclic amines) is 2. The minimum absolute atomic E-state index is 0.174. The van der Waals surface area contributed by atoms with Crippen molar-refractivity contribution in [1.29, 1.82) is 0 Å². The summed E-state index contributed by atoms with van der Waals surface area (Å²) in [7, 11) is 0. The van der Waals surface area contributed by atoms with E-state index in [4.69, 9.17) is 0 Å². The molecule has 0 saturated carbocycles. The molecule has 1 amide bonds. The van der Waals surface area contributed by atoms with Gasteiger partial charge in [-0.3, -0.25) is 9.69 Å². The lowest BCUT2D eigenvalue weighted by Gasteiger charge is -2.31. The Morgan fingerprint density at radius 2 is 2.10 bits per heavy atom. The lowest BCUT2D eigenvalue weighted by molar-refractivity contribution is -0.133. The third-order valence-electron chi connectivity index (χ3n) is 4.36. The van der Waals surface area contributed by atoms with E-state index in [1.807, 2.05) is 0 Å². The minimum Gasteiger partial charge on any atom is -0.393 e. The quantitative estimate of drug-likeness (QED) is 0.925. The second-order valence-corrected chi connectivity index (χ2v) is 6.75. The molecule has 110 valence electrons. The second kappa shape index (κ2) is 6.24. The number of carbonyl (C=O) groups is 1. The first kappa shape index (κ1) is 14.0. The van der Waals surface area contributed by atoms with E-state index in [2.05, 4.69) is 27.3 Å². The molecule has 1 atom stereocenters. The summed E-state index contributed by atoms with van der Waals surface area (Å²) in [6.07, 6.45) is 3.60. The van der Waals surface area contributed by atoms with Crippen LogP contribution in [0.2, 0.25) is 0 Å². The molecule has 0 bridgehead atoms. The van der Waals surface area contributed by atoms with Crippen LogP contribution in [0.25, 0.3) is 0 Å². The third kappa shape index (κ3) is 3.05. The maximum Gasteiger partial charge on any atom is 0.237 e. The van der Waals surface area contributed by atoms with Crippen molar-refractivity contribution in [3.8, 4) is 0 Å². The molecule has 2 saturated heterocycles. The average molecular weight is 294 g/mol. The summed E-state index contributed by atoms with van der Waals surface area (Å²) in [5, 5.41) is 11.6. The van der Waals surface area contributed by atoms with Gasteiger partial charge in [-0.2, -0.15) is 0 Å². The normalized spacial score (nSPS) is 25.2. The van der Waals surface area contributed by atoms with Gasteiger partial charge in [-0.25, -0.2) is 0 Å². The van der Waals surface area contributed by atoms with Crippen LogP contribution in [-0.4, -0.2) is 53.1 Å². The molecule has 1 N–H and O–H groups in total. The van der Waals surface area contributed by atoms with Crippen molar-refractivity contribution in [1.82, 2.24) is 9.80 Å². The van der Waals surface area contributed by atoms with E-state index in [1.165, 1.54) is 4.88 Å². The number of rotatable bonds is 3. The summed E-state index contributed by atoms with van der Waals surface area (Å²) in [4.78, 5) is 18.1. The number of hydrogen-bond donors (Lipinski definition) is 1. The van der Waals surface area contributed by atoms with E-state index in [-0.39, 0.29) is 18.1 Å². The van der Waals surface area contributed by atoms with Gasteiger partial charge < -0.3 is 10.0 Å². The summed E-state index contributed by atoms with van der Waals surface area (Å²) >= 11 is 1.75. The molecule has 0 aliphatic carbocycles. The fourth-order valence-electron chi connectivity index (χ4n) is 3.20. The van der Waals surface area contributed by atoms with Crippen molar-refractivity contribution in [2.75, 3.05) is 26.2 Å². The largest absolute Gasteiger partial charge is 0.393 e. The molecule has 0 aromatic carbocycles. The minimum atomic E-state index is -0.174. The molecular weight excluding hydrogens is 272 g/mol. The number of piperidine rings is 1. The van der Waals surface area contributed by atoms with Gasteiger partial charge in [0.25, 0.3) is 0 Å². The maximum absolute atomic E-state index is 12.5. The van der Waals surface area contributed by atoms with Gasteiger partial charge in [0.05, 0.1) is 18.7 Å². The molecule has 3 rings (SSSR count). The van der Waals surface area contributed by atoms with Crippen LogP contribution in [0.5, 0.6) is 0 Å². The number of thiophene rings is 1. The highest BCUT2D eigenvalue weighted by atomic mass is 32.1. The van der Waals surface area contributed by atoms with E-state index in [9.17, 15) is 9.90 Å². The van der Waals surface area contributed by atoms with Crippen LogP contribution in [0.4, 0.5) is 0 Å². The number of carbonyl (C=O) groups excluding carboxylic acids is 1. The van der Waals surface area contributed by atoms with Gasteiger partial charge in [-0.15, -0.1) is 11.3 Å². The summed E-state index contributed by atoms with van der Waals surface area (Å²) in [6, 6.07) is 4.49. The van der Waals surface area contributed by atoms with E-state index in [1.54, 1.807) is 11.3 Å². The molecule has 3 heterocycles. The highest BCUT2D eigenvalue weighted by Gasteiger charge is 2.31. The van der Waals surface area contributed by atoms with Crippen molar-refractivity contribution in [2.24, 2.45) is 0 Å². The van der Waals surface area contributed by atoms with Gasteiger partial charge in [-0.05, 0) is 37.1 Å². The molecule has 0 radical (unpaired) electrons. The van der Waals surface area contributed by atoms with Crippen molar-refractivity contribution in [3.63, 3.8) is 0 Å². The molecular formula is C15H22N2O2S. The van der Waals surface area contributed by atoms with Crippen LogP contribution in [0.3, 0.4) is 0 Å². The van der Waals surface area contributed by atoms with Gasteiger partial charge in [0.1, 0.15) is 0 Å². The molecule has 2 aliphatic rings. The number of aliphatic hydroxyl groups excluding tert-OH is 1. The lowest BCUT2D eigenvalue weighted by Crippen LogP contribution is -2.44. The first-order valence-corrected chi connectivity index (χ1v) is 8.35. The summed E-state index contributed by atoms with van der Waals surface area (Å²) in [5.41, 5.74) is 0. The predicted molar refractivity (Wildman–Crippen MR) is 79.7 cm³/mol. The van der Waals surface area contributed by atoms with Gasteiger partial charge in [-0.1, -0.05) is 6.07 Å². The van der Waals surface area contributed by atoms with Crippen LogP contribution in [0.1, 0.15) is 36.6 Å². The Morgan fingerprint density at radius 3 is 2.80 bits per heavy atom. The van der Waals surface area contributed by atoms with Crippen molar-refractivity contribution < 1.29 is 9.90 Å². The van der Waals surface area contributed by atoms with Gasteiger partial charge >= 0.3 is 0 Å². The molecule has 2 aliphatic heterocycles. The zero-order valence-corrected chi connectivity index (χ0v) is 12.5. The maximum atomic E-state index is 12.5. The van der Waals surface area contributed by atoms with E-state index in [0.717, 1.165) is 45.3 Å². The number of amides is 1. The van der Waals surface area contributed by atoms with Crippen LogP contribution < -0.4 is 0 Å². The molecule has 2 fully saturated rings. The zero-order valence-electron chi connectivity index (χ0n) is 11.7. The number of hydrogen-bond acceptors (Lipinski definition) is 4. The van der Waals surface area contributed by atoms with E-state index in [0.29, 0.717) is 6.54 Å². The highest BCUT2D eigenvalue weighted by molar-refractivity contribution is 7.10. The lowest BCUT2D eigenvalue weighted by atomic mass is 10.1. The van der Waals surface area contributed by atoms with Gasteiger partial charge in [0.15, 0.2) is 0 Å². The monoisotopic (exact) mass is 294 g/mol. The summed E-state index contributed by atoms with van der Waals surface area (Å²) < 4.78 is 0. The molecule has 0 unspecified atom stereocenters. The van der Waals surface area contributed by atoms with Gasteiger partial charge in [0, 0.05) is 24.5 Å². The molecule has 0 spiro atoms. The topological polar surface area (TPSA) is 43.8 Å². The van der Waals surface area contributed by atoms with Crippen molar-refractivity contribution in [3.05, 3.63) is 22.4 Å². The Hall–Kier alpha value is -0.910. The Kier molecular flexibility index (Phi) is 4.38. The molecule has 20 heavy (non-hydrogen) atoms. The fraction of sp³-hybridized carbons (Fsp3) is 0.667. The van der Waals surface area contributed by atoms with Crippen molar-refractivity contribution >= 4 is 17.2 Å². The molecule has 4 nitrogen and oxygen atoms in total. The number of aliphatic hydroxyl groups is 1. The Balaban J connectivity index is 1.59. The first-order valence-electron chi connectivity index (χ1n) is 7.47. The predicted octanol–water partition coefficient (Wildman–Crippen LogP) is 1.87. The fourth-order valence-corrected chi connectivity index (χ4v) is 4.08. The standard InChI is InChI=1S/C15H22N2O2S/c18-12-5-8-16(9-6-12)11-15(19)17-7-1-3-13(17)14-4-2-10-20-14/h2,4,10,12-13,18H,1,3,5-9,11H2/t13-/m0/s1. The first-order chi connectivity index (χ1) is 9.74. The van der Waals surface area contributed by atoms with E-state index >= 15 is 0 Å². The Bertz CT molecular complexity index is 441. The van der Waals surface area contributed by atoms with Crippen LogP contribution in [0, 0.1) is 0 Å². The van der Waals surface area contributed by atoms with Gasteiger partial charge in [0.2, 0.25) is 5.91 Å². The summed E-state index contributed by atoms with van der Waals surface area (Å²) in [5.74, 6) is 0.247. The van der Waals surface area contributed by atoms with Crippen LogP contribution >= 0.6 is 11.3 Å². The molecule has 1 aromatic rings. The Labute approximate surface area is 124 Å². The Morgan fingerprint density at radius 1 is 1.30 bits per heavy atom. The second-order valence-electron chi connectivity index (χ2n) is 5.77. The van der Waals surface area contributed by atoms with Crippen molar-refractivity contribution in [2.45, 2.75) is 37.8 Å². The SMILES string of the molecule is O=C(CN1CCC(O)CC1)N1CCC[C@H]1c1cccs1. The highest BCUT2D eigenvalue weighted by Crippen LogP contribution is 2.34. The average Bonchev–Trinajstić information content (AvgIpc) is 3.11.